The van der Waals surface area contributed by atoms with Gasteiger partial charge >= 0.3 is 5.97 Å². The summed E-state index contributed by atoms with van der Waals surface area (Å²) < 4.78 is 4.91. The van der Waals surface area contributed by atoms with Crippen LogP contribution in [0, 0.1) is 0 Å². The van der Waals surface area contributed by atoms with Gasteiger partial charge in [0.15, 0.2) is 6.04 Å². The van der Waals surface area contributed by atoms with E-state index in [9.17, 15) is 9.59 Å². The Balaban J connectivity index is 2.75. The molecule has 0 saturated heterocycles. The van der Waals surface area contributed by atoms with Crippen LogP contribution < -0.4 is 5.32 Å². The van der Waals surface area contributed by atoms with Crippen molar-refractivity contribution in [2.75, 3.05) is 7.11 Å². The number of hydrogen-bond acceptors (Lipinski definition) is 3. The number of rotatable bonds is 5. The lowest BCUT2D eigenvalue weighted by Crippen LogP contribution is -2.48. The summed E-state index contributed by atoms with van der Waals surface area (Å²) in [5.74, 6) is -1.55. The van der Waals surface area contributed by atoms with Gasteiger partial charge in [-0.3, -0.25) is 4.79 Å². The maximum absolute atomic E-state index is 11.7. The van der Waals surface area contributed by atoms with Gasteiger partial charge in [0.25, 0.3) is 5.91 Å². The molecular formula is C12H15NO4. The van der Waals surface area contributed by atoms with Crippen molar-refractivity contribution in [3.63, 3.8) is 0 Å². The Hall–Kier alpha value is -1.88. The highest BCUT2D eigenvalue weighted by molar-refractivity contribution is 5.96. The second kappa shape index (κ2) is 6.00. The molecule has 1 amide bonds. The number of carbonyl (C=O) groups excluding carboxylic acids is 1. The summed E-state index contributed by atoms with van der Waals surface area (Å²) in [4.78, 5) is 22.7. The molecule has 92 valence electrons. The quantitative estimate of drug-likeness (QED) is 0.798. The molecule has 1 aromatic carbocycles. The van der Waals surface area contributed by atoms with Gasteiger partial charge in [-0.2, -0.15) is 0 Å². The normalized spacial score (nSPS) is 13.8. The Bertz CT molecular complexity index is 391. The molecular weight excluding hydrogens is 222 g/mol. The molecule has 0 aliphatic heterocycles. The van der Waals surface area contributed by atoms with Crippen LogP contribution in [-0.4, -0.2) is 36.2 Å². The summed E-state index contributed by atoms with van der Waals surface area (Å²) in [5.41, 5.74) is 0.419. The van der Waals surface area contributed by atoms with Gasteiger partial charge in [-0.25, -0.2) is 4.79 Å². The Morgan fingerprint density at radius 2 is 1.88 bits per heavy atom. The third-order valence-electron chi connectivity index (χ3n) is 2.43. The minimum Gasteiger partial charge on any atom is -0.480 e. The number of carbonyl (C=O) groups is 2. The minimum atomic E-state index is -1.12. The SMILES string of the molecule is COC(C)[C@H](NC(=O)c1ccccc1)C(=O)O. The van der Waals surface area contributed by atoms with E-state index in [1.165, 1.54) is 7.11 Å². The van der Waals surface area contributed by atoms with E-state index in [4.69, 9.17) is 9.84 Å². The number of methoxy groups -OCH3 is 1. The monoisotopic (exact) mass is 237 g/mol. The van der Waals surface area contributed by atoms with Crippen molar-refractivity contribution >= 4 is 11.9 Å². The first-order valence-electron chi connectivity index (χ1n) is 5.17. The van der Waals surface area contributed by atoms with Crippen LogP contribution in [0.15, 0.2) is 30.3 Å². The number of nitrogens with one attached hydrogen (secondary N) is 1. The topological polar surface area (TPSA) is 75.6 Å². The van der Waals surface area contributed by atoms with Gasteiger partial charge in [0.2, 0.25) is 0 Å². The van der Waals surface area contributed by atoms with Crippen LogP contribution in [0.4, 0.5) is 0 Å². The molecule has 1 unspecified atom stereocenters. The van der Waals surface area contributed by atoms with Crippen molar-refractivity contribution in [2.45, 2.75) is 19.1 Å². The number of hydrogen-bond donors (Lipinski definition) is 2. The standard InChI is InChI=1S/C12H15NO4/c1-8(17-2)10(12(15)16)13-11(14)9-6-4-3-5-7-9/h3-8,10H,1-2H3,(H,13,14)(H,15,16)/t8?,10-/m0/s1. The molecule has 1 rings (SSSR count). The van der Waals surface area contributed by atoms with Crippen molar-refractivity contribution in [2.24, 2.45) is 0 Å². The number of amides is 1. The first-order valence-corrected chi connectivity index (χ1v) is 5.17. The Labute approximate surface area is 99.4 Å². The number of carboxylic acid groups (broad SMARTS) is 1. The van der Waals surface area contributed by atoms with Crippen molar-refractivity contribution in [3.8, 4) is 0 Å². The average molecular weight is 237 g/mol. The molecule has 0 radical (unpaired) electrons. The molecule has 2 atom stereocenters. The van der Waals surface area contributed by atoms with E-state index < -0.39 is 24.0 Å². The first-order chi connectivity index (χ1) is 8.06. The molecule has 0 spiro atoms. The Morgan fingerprint density at radius 3 is 2.35 bits per heavy atom. The molecule has 5 nitrogen and oxygen atoms in total. The maximum atomic E-state index is 11.7. The zero-order valence-corrected chi connectivity index (χ0v) is 9.71. The average Bonchev–Trinajstić information content (AvgIpc) is 2.35. The fraction of sp³-hybridized carbons (Fsp3) is 0.333. The third-order valence-corrected chi connectivity index (χ3v) is 2.43. The van der Waals surface area contributed by atoms with Crippen LogP contribution in [0.2, 0.25) is 0 Å². The number of aliphatic carboxylic acids is 1. The first kappa shape index (κ1) is 13.2. The Kier molecular flexibility index (Phi) is 4.66. The van der Waals surface area contributed by atoms with Gasteiger partial charge in [-0.15, -0.1) is 0 Å². The van der Waals surface area contributed by atoms with Gasteiger partial charge in [-0.1, -0.05) is 18.2 Å². The smallest absolute Gasteiger partial charge is 0.328 e. The van der Waals surface area contributed by atoms with Crippen LogP contribution in [0.3, 0.4) is 0 Å². The second-order valence-electron chi connectivity index (χ2n) is 3.60. The molecule has 5 heteroatoms. The summed E-state index contributed by atoms with van der Waals surface area (Å²) in [6.07, 6.45) is -0.597. The van der Waals surface area contributed by atoms with E-state index >= 15 is 0 Å². The molecule has 0 saturated carbocycles. The van der Waals surface area contributed by atoms with E-state index in [2.05, 4.69) is 5.32 Å². The molecule has 17 heavy (non-hydrogen) atoms. The van der Waals surface area contributed by atoms with Gasteiger partial charge in [0, 0.05) is 12.7 Å². The highest BCUT2D eigenvalue weighted by Crippen LogP contribution is 2.02. The van der Waals surface area contributed by atoms with Crippen molar-refractivity contribution in [3.05, 3.63) is 35.9 Å². The summed E-state index contributed by atoms with van der Waals surface area (Å²) in [6, 6.07) is 7.38. The highest BCUT2D eigenvalue weighted by Gasteiger charge is 2.26. The molecule has 0 aromatic heterocycles. The van der Waals surface area contributed by atoms with Crippen molar-refractivity contribution in [1.29, 1.82) is 0 Å². The number of ether oxygens (including phenoxy) is 1. The molecule has 0 heterocycles. The van der Waals surface area contributed by atoms with Crippen molar-refractivity contribution < 1.29 is 19.4 Å². The van der Waals surface area contributed by atoms with Crippen LogP contribution in [0.5, 0.6) is 0 Å². The molecule has 0 fully saturated rings. The predicted octanol–water partition coefficient (Wildman–Crippen LogP) is 0.904. The van der Waals surface area contributed by atoms with Crippen LogP contribution in [-0.2, 0) is 9.53 Å². The summed E-state index contributed by atoms with van der Waals surface area (Å²) in [7, 11) is 1.40. The van der Waals surface area contributed by atoms with Gasteiger partial charge in [-0.05, 0) is 19.1 Å². The molecule has 2 N–H and O–H groups in total. The largest absolute Gasteiger partial charge is 0.480 e. The van der Waals surface area contributed by atoms with Gasteiger partial charge in [0.1, 0.15) is 0 Å². The predicted molar refractivity (Wildman–Crippen MR) is 61.8 cm³/mol. The van der Waals surface area contributed by atoms with E-state index in [0.717, 1.165) is 0 Å². The number of benzene rings is 1. The highest BCUT2D eigenvalue weighted by atomic mass is 16.5. The van der Waals surface area contributed by atoms with E-state index in [1.807, 2.05) is 0 Å². The number of carboxylic acids is 1. The van der Waals surface area contributed by atoms with E-state index in [-0.39, 0.29) is 0 Å². The van der Waals surface area contributed by atoms with E-state index in [1.54, 1.807) is 37.3 Å². The summed E-state index contributed by atoms with van der Waals surface area (Å²) in [6.45, 7) is 1.59. The fourth-order valence-corrected chi connectivity index (χ4v) is 1.33. The Morgan fingerprint density at radius 1 is 1.29 bits per heavy atom. The zero-order valence-electron chi connectivity index (χ0n) is 9.71. The van der Waals surface area contributed by atoms with E-state index in [0.29, 0.717) is 5.56 Å². The molecule has 1 aromatic rings. The molecule has 0 aliphatic rings. The fourth-order valence-electron chi connectivity index (χ4n) is 1.33. The third kappa shape index (κ3) is 3.57. The van der Waals surface area contributed by atoms with Crippen LogP contribution >= 0.6 is 0 Å². The lowest BCUT2D eigenvalue weighted by Gasteiger charge is -2.20. The van der Waals surface area contributed by atoms with Gasteiger partial charge in [0.05, 0.1) is 6.10 Å². The molecule has 0 bridgehead atoms. The summed E-state index contributed by atoms with van der Waals surface area (Å²) >= 11 is 0. The molecule has 0 aliphatic carbocycles. The van der Waals surface area contributed by atoms with Crippen LogP contribution in [0.1, 0.15) is 17.3 Å². The van der Waals surface area contributed by atoms with Gasteiger partial charge < -0.3 is 15.2 Å². The van der Waals surface area contributed by atoms with Crippen LogP contribution in [0.25, 0.3) is 0 Å². The zero-order chi connectivity index (χ0) is 12.8. The lowest BCUT2D eigenvalue weighted by molar-refractivity contribution is -0.142. The maximum Gasteiger partial charge on any atom is 0.328 e. The minimum absolute atomic E-state index is 0.419. The second-order valence-corrected chi connectivity index (χ2v) is 3.60. The lowest BCUT2D eigenvalue weighted by atomic mass is 10.1. The van der Waals surface area contributed by atoms with Crippen molar-refractivity contribution in [1.82, 2.24) is 5.32 Å². The summed E-state index contributed by atoms with van der Waals surface area (Å²) in [5, 5.41) is 11.4.